The number of alkyl halides is 3. The van der Waals surface area contributed by atoms with E-state index in [2.05, 4.69) is 25.6 Å². The molecule has 0 bridgehead atoms. The number of rotatable bonds is 4. The molecule has 1 saturated carbocycles. The van der Waals surface area contributed by atoms with E-state index >= 15 is 0 Å². The number of carbonyl (C=O) groups excluding carboxylic acids is 1. The van der Waals surface area contributed by atoms with Crippen LogP contribution in [-0.4, -0.2) is 46.1 Å². The third-order valence-electron chi connectivity index (χ3n) is 5.37. The van der Waals surface area contributed by atoms with E-state index in [0.29, 0.717) is 36.0 Å². The highest BCUT2D eigenvalue weighted by atomic mass is 19.4. The van der Waals surface area contributed by atoms with E-state index in [9.17, 15) is 18.0 Å². The fourth-order valence-corrected chi connectivity index (χ4v) is 3.41. The molecule has 0 unspecified atom stereocenters. The Balaban J connectivity index is 1.38. The maximum atomic E-state index is 12.8. The molecular formula is C19H21F3N6O2. The molecule has 3 heterocycles. The fraction of sp³-hybridized carbons (Fsp3) is 0.474. The minimum Gasteiger partial charge on any atom is -0.490 e. The molecule has 2 aliphatic rings. The van der Waals surface area contributed by atoms with Crippen LogP contribution in [0.15, 0.2) is 18.3 Å². The van der Waals surface area contributed by atoms with Crippen molar-refractivity contribution in [3.63, 3.8) is 0 Å². The lowest BCUT2D eigenvalue weighted by Gasteiger charge is -2.37. The molecule has 0 aromatic carbocycles. The summed E-state index contributed by atoms with van der Waals surface area (Å²) in [5.74, 6) is 1.11. The molecule has 30 heavy (non-hydrogen) atoms. The van der Waals surface area contributed by atoms with E-state index in [1.165, 1.54) is 6.07 Å². The van der Waals surface area contributed by atoms with Crippen molar-refractivity contribution in [2.24, 2.45) is 0 Å². The van der Waals surface area contributed by atoms with Crippen LogP contribution in [0.5, 0.6) is 5.75 Å². The van der Waals surface area contributed by atoms with Gasteiger partial charge in [-0.3, -0.25) is 9.78 Å². The van der Waals surface area contributed by atoms with Gasteiger partial charge in [-0.25, -0.2) is 4.98 Å². The lowest BCUT2D eigenvalue weighted by atomic mass is 9.89. The summed E-state index contributed by atoms with van der Waals surface area (Å²) in [5, 5.41) is 6.06. The molecule has 0 saturated heterocycles. The lowest BCUT2D eigenvalue weighted by Crippen LogP contribution is -2.45. The molecule has 11 heteroatoms. The average Bonchev–Trinajstić information content (AvgIpc) is 2.65. The van der Waals surface area contributed by atoms with Gasteiger partial charge in [-0.1, -0.05) is 0 Å². The van der Waals surface area contributed by atoms with Gasteiger partial charge in [0.05, 0.1) is 5.69 Å². The summed E-state index contributed by atoms with van der Waals surface area (Å²) in [6.07, 6.45) is -2.41. The number of aromatic nitrogens is 3. The Morgan fingerprint density at radius 3 is 2.73 bits per heavy atom. The van der Waals surface area contributed by atoms with Gasteiger partial charge in [-0.2, -0.15) is 18.2 Å². The molecule has 0 spiro atoms. The average molecular weight is 422 g/mol. The van der Waals surface area contributed by atoms with Crippen molar-refractivity contribution >= 4 is 23.4 Å². The third kappa shape index (κ3) is 3.83. The van der Waals surface area contributed by atoms with Gasteiger partial charge in [0.15, 0.2) is 5.82 Å². The van der Waals surface area contributed by atoms with Gasteiger partial charge in [-0.05, 0) is 19.9 Å². The minimum atomic E-state index is -4.51. The van der Waals surface area contributed by atoms with Crippen molar-refractivity contribution in [3.05, 3.63) is 29.7 Å². The van der Waals surface area contributed by atoms with Gasteiger partial charge in [0.25, 0.3) is 0 Å². The van der Waals surface area contributed by atoms with Gasteiger partial charge in [0, 0.05) is 38.2 Å². The van der Waals surface area contributed by atoms with Crippen molar-refractivity contribution in [2.45, 2.75) is 51.1 Å². The number of carbonyl (C=O) groups is 1. The maximum Gasteiger partial charge on any atom is 0.433 e. The summed E-state index contributed by atoms with van der Waals surface area (Å²) in [5.41, 5.74) is 0.273. The van der Waals surface area contributed by atoms with E-state index in [1.54, 1.807) is 25.8 Å². The quantitative estimate of drug-likeness (QED) is 0.783. The Morgan fingerprint density at radius 1 is 1.30 bits per heavy atom. The number of halogens is 3. The second kappa shape index (κ2) is 7.29. The highest BCUT2D eigenvalue weighted by Gasteiger charge is 2.35. The highest BCUT2D eigenvalue weighted by Crippen LogP contribution is 2.34. The van der Waals surface area contributed by atoms with E-state index in [-0.39, 0.29) is 29.8 Å². The zero-order valence-electron chi connectivity index (χ0n) is 16.6. The molecule has 2 aromatic heterocycles. The Kier molecular flexibility index (Phi) is 4.91. The number of pyridine rings is 1. The van der Waals surface area contributed by atoms with Crippen LogP contribution in [0.25, 0.3) is 0 Å². The molecule has 160 valence electrons. The number of likely N-dealkylation sites (N-methyl/N-ethyl adjacent to an activating group) is 1. The molecular weight excluding hydrogens is 401 g/mol. The zero-order chi connectivity index (χ0) is 21.6. The third-order valence-corrected chi connectivity index (χ3v) is 5.37. The van der Waals surface area contributed by atoms with Crippen LogP contribution in [0.4, 0.5) is 30.6 Å². The van der Waals surface area contributed by atoms with Gasteiger partial charge in [-0.15, -0.1) is 0 Å². The van der Waals surface area contributed by atoms with E-state index in [4.69, 9.17) is 4.74 Å². The molecule has 2 aromatic rings. The number of amides is 1. The molecule has 2 N–H and O–H groups in total. The molecule has 4 rings (SSSR count). The maximum absolute atomic E-state index is 12.8. The molecule has 1 aliphatic heterocycles. The standard InChI is InChI=1S/C19H21F3N6O2/c1-9-15-16(28(3)10(2)17(29)26-15)27-18(24-9)25-11-6-13(7-11)30-12-4-5-23-14(8-12)19(20,21)22/h4-5,8,10-11,13H,6-7H2,1-3H3,(H,26,29)(H,24,25,27)/t10-,11?,13?/m0/s1. The number of nitrogens with zero attached hydrogens (tertiary/aromatic N) is 4. The van der Waals surface area contributed by atoms with Crippen LogP contribution in [-0.2, 0) is 11.0 Å². The molecule has 1 fully saturated rings. The first-order chi connectivity index (χ1) is 14.1. The van der Waals surface area contributed by atoms with E-state index < -0.39 is 11.9 Å². The molecule has 1 aliphatic carbocycles. The number of nitrogens with one attached hydrogen (secondary N) is 2. The Morgan fingerprint density at radius 2 is 2.03 bits per heavy atom. The SMILES string of the molecule is Cc1nc(NC2CC(Oc3ccnc(C(F)(F)F)c3)C2)nc2c1NC(=O)[C@H](C)N2C. The number of ether oxygens (including phenoxy) is 1. The van der Waals surface area contributed by atoms with Gasteiger partial charge < -0.3 is 20.3 Å². The van der Waals surface area contributed by atoms with Gasteiger partial charge in [0.2, 0.25) is 11.9 Å². The highest BCUT2D eigenvalue weighted by molar-refractivity contribution is 6.03. The van der Waals surface area contributed by atoms with Crippen LogP contribution >= 0.6 is 0 Å². The molecule has 1 atom stereocenters. The molecule has 0 radical (unpaired) electrons. The number of hydrogen-bond donors (Lipinski definition) is 2. The second-order valence-corrected chi connectivity index (χ2v) is 7.53. The smallest absolute Gasteiger partial charge is 0.433 e. The predicted molar refractivity (Wildman–Crippen MR) is 104 cm³/mol. The van der Waals surface area contributed by atoms with Crippen molar-refractivity contribution < 1.29 is 22.7 Å². The summed E-state index contributed by atoms with van der Waals surface area (Å²) >= 11 is 0. The van der Waals surface area contributed by atoms with Crippen LogP contribution in [0.1, 0.15) is 31.2 Å². The summed E-state index contributed by atoms with van der Waals surface area (Å²) in [6, 6.07) is 2.01. The first kappa shape index (κ1) is 20.2. The van der Waals surface area contributed by atoms with E-state index in [0.717, 1.165) is 12.3 Å². The van der Waals surface area contributed by atoms with Crippen molar-refractivity contribution in [1.29, 1.82) is 0 Å². The van der Waals surface area contributed by atoms with Crippen molar-refractivity contribution in [2.75, 3.05) is 22.6 Å². The summed E-state index contributed by atoms with van der Waals surface area (Å²) in [4.78, 5) is 26.1. The van der Waals surface area contributed by atoms with E-state index in [1.807, 2.05) is 0 Å². The fourth-order valence-electron chi connectivity index (χ4n) is 3.41. The number of hydrogen-bond acceptors (Lipinski definition) is 7. The second-order valence-electron chi connectivity index (χ2n) is 7.53. The number of anilines is 3. The van der Waals surface area contributed by atoms with Crippen LogP contribution in [0.3, 0.4) is 0 Å². The first-order valence-electron chi connectivity index (χ1n) is 9.50. The summed E-state index contributed by atoms with van der Waals surface area (Å²) in [6.45, 7) is 3.59. The molecule has 8 nitrogen and oxygen atoms in total. The van der Waals surface area contributed by atoms with Crippen LogP contribution in [0.2, 0.25) is 0 Å². The largest absolute Gasteiger partial charge is 0.490 e. The lowest BCUT2D eigenvalue weighted by molar-refractivity contribution is -0.141. The summed E-state index contributed by atoms with van der Waals surface area (Å²) in [7, 11) is 1.80. The Hall–Kier alpha value is -3.11. The van der Waals surface area contributed by atoms with Gasteiger partial charge >= 0.3 is 6.18 Å². The van der Waals surface area contributed by atoms with Crippen molar-refractivity contribution in [1.82, 2.24) is 15.0 Å². The normalized spacial score (nSPS) is 23.3. The number of fused-ring (bicyclic) bond motifs is 1. The first-order valence-corrected chi connectivity index (χ1v) is 9.50. The molecule has 1 amide bonds. The van der Waals surface area contributed by atoms with Crippen molar-refractivity contribution in [3.8, 4) is 5.75 Å². The Labute approximate surface area is 170 Å². The monoisotopic (exact) mass is 422 g/mol. The van der Waals surface area contributed by atoms with Crippen LogP contribution < -0.4 is 20.3 Å². The predicted octanol–water partition coefficient (Wildman–Crippen LogP) is 3.00. The number of aryl methyl sites for hydroxylation is 1. The Bertz CT molecular complexity index is 977. The topological polar surface area (TPSA) is 92.3 Å². The van der Waals surface area contributed by atoms with Gasteiger partial charge in [0.1, 0.15) is 29.3 Å². The summed E-state index contributed by atoms with van der Waals surface area (Å²) < 4.78 is 43.9. The minimum absolute atomic E-state index is 0.0392. The van der Waals surface area contributed by atoms with Crippen LogP contribution in [0, 0.1) is 6.92 Å². The zero-order valence-corrected chi connectivity index (χ0v) is 16.6.